The fourth-order valence-electron chi connectivity index (χ4n) is 7.86. The Morgan fingerprint density at radius 2 is 0.667 bits per heavy atom. The smallest absolute Gasteiger partial charge is 0.386 e. The molecule has 0 amide bonds. The van der Waals surface area contributed by atoms with Crippen molar-refractivity contribution in [1.82, 2.24) is 0 Å². The van der Waals surface area contributed by atoms with E-state index in [4.69, 9.17) is 27.9 Å². The fraction of sp³-hybridized carbons (Fsp3) is 0.217. The van der Waals surface area contributed by atoms with Crippen LogP contribution >= 0.6 is 0 Å². The van der Waals surface area contributed by atoms with Crippen molar-refractivity contribution >= 4 is 14.6 Å². The topological polar surface area (TPSA) is 55.4 Å². The fourth-order valence-corrected chi connectivity index (χ4v) is 7.86. The molecule has 0 N–H and O–H groups in total. The van der Waals surface area contributed by atoms with E-state index in [-0.39, 0.29) is 12.2 Å². The van der Waals surface area contributed by atoms with Gasteiger partial charge in [0.25, 0.3) is 0 Å². The summed E-state index contributed by atoms with van der Waals surface area (Å²) in [4.78, 5) is 0. The molecule has 2 saturated heterocycles. The van der Waals surface area contributed by atoms with Crippen LogP contribution in [0.5, 0.6) is 0 Å². The van der Waals surface area contributed by atoms with Gasteiger partial charge in [0.15, 0.2) is 0 Å². The predicted molar refractivity (Wildman–Crippen MR) is 212 cm³/mol. The number of benzene rings is 6. The third-order valence-corrected chi connectivity index (χ3v) is 10.4. The Morgan fingerprint density at radius 3 is 1.00 bits per heavy atom. The van der Waals surface area contributed by atoms with Gasteiger partial charge in [-0.1, -0.05) is 195 Å². The first-order chi connectivity index (χ1) is 26.8. The molecule has 2 aliphatic rings. The van der Waals surface area contributed by atoms with E-state index in [1.54, 1.807) is 0 Å². The van der Waals surface area contributed by atoms with Crippen LogP contribution in [0.3, 0.4) is 0 Å². The zero-order valence-electron chi connectivity index (χ0n) is 30.3. The van der Waals surface area contributed by atoms with E-state index in [2.05, 4.69) is 121 Å². The predicted octanol–water partition coefficient (Wildman–Crippen LogP) is 10.0. The number of unbranched alkanes of at least 4 members (excludes halogenated alkanes) is 3. The molecule has 2 aliphatic heterocycles. The van der Waals surface area contributed by atoms with Gasteiger partial charge in [-0.05, 0) is 46.2 Å². The Labute approximate surface area is 319 Å². The van der Waals surface area contributed by atoms with Crippen LogP contribution in [0.25, 0.3) is 0 Å². The average molecular weight is 714 g/mol. The van der Waals surface area contributed by atoms with Crippen LogP contribution in [-0.2, 0) is 39.1 Å². The highest BCUT2D eigenvalue weighted by molar-refractivity contribution is 6.38. The molecule has 0 bridgehead atoms. The minimum Gasteiger partial charge on any atom is -0.386 e. The molecule has 2 atom stereocenters. The van der Waals surface area contributed by atoms with Crippen LogP contribution in [0.2, 0.25) is 0 Å². The quantitative estimate of drug-likeness (QED) is 0.0780. The van der Waals surface area contributed by atoms with Crippen LogP contribution in [0.1, 0.15) is 71.3 Å². The van der Waals surface area contributed by atoms with Crippen molar-refractivity contribution in [3.8, 4) is 0 Å². The lowest BCUT2D eigenvalue weighted by atomic mass is 9.66. The van der Waals surface area contributed by atoms with Crippen molar-refractivity contribution in [1.29, 1.82) is 0 Å². The van der Waals surface area contributed by atoms with Gasteiger partial charge in [0.1, 0.15) is 11.2 Å². The van der Waals surface area contributed by atoms with Crippen molar-refractivity contribution in [2.75, 3.05) is 13.2 Å². The van der Waals surface area contributed by atoms with Gasteiger partial charge in [-0.2, -0.15) is 0 Å². The lowest BCUT2D eigenvalue weighted by Crippen LogP contribution is -2.48. The summed E-state index contributed by atoms with van der Waals surface area (Å²) < 4.78 is 39.4. The van der Waals surface area contributed by atoms with Crippen LogP contribution in [0.15, 0.2) is 182 Å². The van der Waals surface area contributed by atoms with Crippen LogP contribution in [0, 0.1) is 0 Å². The number of hydrogen-bond donors (Lipinski definition) is 0. The van der Waals surface area contributed by atoms with E-state index in [1.807, 2.05) is 60.7 Å². The molecule has 2 unspecified atom stereocenters. The molecule has 0 radical (unpaired) electrons. The Morgan fingerprint density at radius 1 is 0.370 bits per heavy atom. The molecule has 0 saturated carbocycles. The Balaban J connectivity index is 0.921. The minimum absolute atomic E-state index is 0.235. The minimum atomic E-state index is -1.05. The lowest BCUT2D eigenvalue weighted by molar-refractivity contribution is 0.00370. The van der Waals surface area contributed by atoms with Crippen molar-refractivity contribution < 1.29 is 27.9 Å². The first-order valence-electron chi connectivity index (χ1n) is 19.0. The molecule has 6 nitrogen and oxygen atoms in total. The molecule has 6 aromatic carbocycles. The maximum absolute atomic E-state index is 7.14. The summed E-state index contributed by atoms with van der Waals surface area (Å²) in [6.45, 7) is 1.02. The van der Waals surface area contributed by atoms with Gasteiger partial charge >= 0.3 is 14.6 Å². The second-order valence-electron chi connectivity index (χ2n) is 13.7. The summed E-state index contributed by atoms with van der Waals surface area (Å²) in [5.74, 6) is 0. The van der Waals surface area contributed by atoms with E-state index in [0.29, 0.717) is 13.2 Å². The SMILES string of the molecule is c1ccc(C2OB(OCCCCCCOB3OC(c4ccccc4)(c4ccccc4)C(c4ccccc4)(c4ccccc4)O3)OC2c2ccccc2)cc1. The van der Waals surface area contributed by atoms with Gasteiger partial charge in [-0.3, -0.25) is 0 Å². The maximum atomic E-state index is 7.14. The molecule has 6 aromatic rings. The van der Waals surface area contributed by atoms with Gasteiger partial charge in [0.05, 0.1) is 12.2 Å². The zero-order valence-corrected chi connectivity index (χ0v) is 30.3. The summed E-state index contributed by atoms with van der Waals surface area (Å²) in [6.07, 6.45) is 3.19. The van der Waals surface area contributed by atoms with Gasteiger partial charge in [-0.15, -0.1) is 0 Å². The third-order valence-electron chi connectivity index (χ3n) is 10.4. The van der Waals surface area contributed by atoms with Gasteiger partial charge in [-0.25, -0.2) is 0 Å². The molecule has 2 fully saturated rings. The molecule has 2 heterocycles. The second kappa shape index (κ2) is 17.1. The first kappa shape index (κ1) is 36.2. The normalized spacial score (nSPS) is 18.9. The molecule has 0 aromatic heterocycles. The number of hydrogen-bond acceptors (Lipinski definition) is 6. The Hall–Kier alpha value is -4.79. The van der Waals surface area contributed by atoms with Gasteiger partial charge in [0.2, 0.25) is 0 Å². The monoisotopic (exact) mass is 714 g/mol. The van der Waals surface area contributed by atoms with E-state index in [9.17, 15) is 0 Å². The van der Waals surface area contributed by atoms with Crippen LogP contribution in [-0.4, -0.2) is 27.9 Å². The van der Waals surface area contributed by atoms with Crippen LogP contribution in [0.4, 0.5) is 0 Å². The lowest BCUT2D eigenvalue weighted by Gasteiger charge is -2.45. The molecule has 0 aliphatic carbocycles. The standard InChI is InChI=1S/C46H44B2O6/c1(21-35-49-47-51-43(37-23-9-3-10-24-37)44(52-47)38-25-11-4-12-26-38)2-22-36-50-48-53-45(39-27-13-5-14-28-39,40-29-15-6-16-30-40)46(54-48,41-31-17-7-18-32-41)42-33-19-8-20-34-42/h3-20,23-34,43-44H,1-2,21-22,35-36H2. The van der Waals surface area contributed by atoms with Gasteiger partial charge < -0.3 is 27.9 Å². The summed E-state index contributed by atoms with van der Waals surface area (Å²) in [5, 5.41) is 0. The molecule has 8 rings (SSSR count). The van der Waals surface area contributed by atoms with Gasteiger partial charge in [0, 0.05) is 13.2 Å². The van der Waals surface area contributed by atoms with E-state index in [0.717, 1.165) is 59.1 Å². The average Bonchev–Trinajstić information content (AvgIpc) is 3.85. The Bertz CT molecular complexity index is 1790. The highest BCUT2D eigenvalue weighted by atomic mass is 16.8. The molecule has 0 spiro atoms. The highest BCUT2D eigenvalue weighted by Crippen LogP contribution is 2.59. The third kappa shape index (κ3) is 7.34. The van der Waals surface area contributed by atoms with Crippen molar-refractivity contribution in [3.63, 3.8) is 0 Å². The van der Waals surface area contributed by atoms with Crippen LogP contribution < -0.4 is 0 Å². The first-order valence-corrected chi connectivity index (χ1v) is 19.0. The van der Waals surface area contributed by atoms with Crippen molar-refractivity contribution in [2.24, 2.45) is 0 Å². The summed E-state index contributed by atoms with van der Waals surface area (Å²) in [5.41, 5.74) is 3.97. The van der Waals surface area contributed by atoms with Crippen molar-refractivity contribution in [3.05, 3.63) is 215 Å². The summed E-state index contributed by atoms with van der Waals surface area (Å²) >= 11 is 0. The van der Waals surface area contributed by atoms with E-state index < -0.39 is 25.8 Å². The summed E-state index contributed by atoms with van der Waals surface area (Å²) in [6, 6.07) is 61.9. The largest absolute Gasteiger partial charge is 0.641 e. The van der Waals surface area contributed by atoms with E-state index in [1.165, 1.54) is 0 Å². The highest BCUT2D eigenvalue weighted by Gasteiger charge is 2.66. The molecular formula is C46H44B2O6. The molecule has 54 heavy (non-hydrogen) atoms. The zero-order chi connectivity index (χ0) is 36.5. The molecule has 8 heteroatoms. The number of rotatable bonds is 15. The molecular weight excluding hydrogens is 670 g/mol. The van der Waals surface area contributed by atoms with E-state index >= 15 is 0 Å². The Kier molecular flexibility index (Phi) is 11.5. The second-order valence-corrected chi connectivity index (χ2v) is 13.7. The van der Waals surface area contributed by atoms with Crippen molar-refractivity contribution in [2.45, 2.75) is 49.1 Å². The molecule has 270 valence electrons. The summed E-state index contributed by atoms with van der Waals surface area (Å²) in [7, 11) is -1.63. The maximum Gasteiger partial charge on any atom is 0.641 e.